The van der Waals surface area contributed by atoms with E-state index in [-0.39, 0.29) is 5.75 Å². The standard InChI is InChI=1S/C30H48O6SSi/c1-5-6-15-27-16-18-28(19-17-27)26-37(31,32)30-22-20-29(21-23-30)36-24-13-11-9-7-8-10-12-14-25-38(33-2,34-3)35-4/h16-23H,5-15,24-26H2,1-4H3. The van der Waals surface area contributed by atoms with Gasteiger partial charge in [-0.05, 0) is 61.1 Å². The quantitative estimate of drug-likeness (QED) is 0.116. The number of rotatable bonds is 21. The van der Waals surface area contributed by atoms with Gasteiger partial charge in [0.25, 0.3) is 0 Å². The summed E-state index contributed by atoms with van der Waals surface area (Å²) in [4.78, 5) is 0.333. The number of benzene rings is 2. The van der Waals surface area contributed by atoms with E-state index in [4.69, 9.17) is 18.0 Å². The number of hydrogen-bond acceptors (Lipinski definition) is 6. The molecule has 0 amide bonds. The van der Waals surface area contributed by atoms with E-state index in [2.05, 4.69) is 6.92 Å². The Morgan fingerprint density at radius 2 is 1.18 bits per heavy atom. The highest BCUT2D eigenvalue weighted by molar-refractivity contribution is 7.90. The third-order valence-corrected chi connectivity index (χ3v) is 11.5. The van der Waals surface area contributed by atoms with Gasteiger partial charge in [0.05, 0.1) is 17.3 Å². The molecule has 2 rings (SSSR count). The minimum atomic E-state index is -3.39. The first kappa shape index (κ1) is 32.5. The van der Waals surface area contributed by atoms with Gasteiger partial charge in [0, 0.05) is 27.4 Å². The Balaban J connectivity index is 1.59. The maximum Gasteiger partial charge on any atom is 0.500 e. The molecule has 0 unspecified atom stereocenters. The minimum absolute atomic E-state index is 0.0111. The van der Waals surface area contributed by atoms with Crippen LogP contribution in [0.5, 0.6) is 5.75 Å². The molecular weight excluding hydrogens is 516 g/mol. The topological polar surface area (TPSA) is 71.1 Å². The van der Waals surface area contributed by atoms with Gasteiger partial charge >= 0.3 is 8.80 Å². The van der Waals surface area contributed by atoms with Gasteiger partial charge < -0.3 is 18.0 Å². The van der Waals surface area contributed by atoms with E-state index in [9.17, 15) is 8.42 Å². The van der Waals surface area contributed by atoms with E-state index >= 15 is 0 Å². The van der Waals surface area contributed by atoms with Crippen LogP contribution in [0.4, 0.5) is 0 Å². The highest BCUT2D eigenvalue weighted by Gasteiger charge is 2.36. The minimum Gasteiger partial charge on any atom is -0.494 e. The molecule has 0 atom stereocenters. The molecule has 214 valence electrons. The van der Waals surface area contributed by atoms with Gasteiger partial charge in [0.15, 0.2) is 9.84 Å². The molecular formula is C30H48O6SSi. The summed E-state index contributed by atoms with van der Waals surface area (Å²) in [7, 11) is -0.806. The van der Waals surface area contributed by atoms with Crippen LogP contribution >= 0.6 is 0 Å². The molecule has 8 heteroatoms. The first-order chi connectivity index (χ1) is 18.4. The van der Waals surface area contributed by atoms with E-state index in [0.29, 0.717) is 17.3 Å². The zero-order valence-electron chi connectivity index (χ0n) is 23.9. The molecule has 0 heterocycles. The summed E-state index contributed by atoms with van der Waals surface area (Å²) >= 11 is 0. The van der Waals surface area contributed by atoms with Gasteiger partial charge in [0.1, 0.15) is 5.75 Å². The molecule has 0 radical (unpaired) electrons. The lowest BCUT2D eigenvalue weighted by molar-refractivity contribution is 0.122. The Labute approximate surface area is 232 Å². The Bertz CT molecular complexity index is 980. The van der Waals surface area contributed by atoms with Gasteiger partial charge in [-0.25, -0.2) is 8.42 Å². The molecule has 0 saturated carbocycles. The summed E-state index contributed by atoms with van der Waals surface area (Å²) in [5, 5.41) is 0. The van der Waals surface area contributed by atoms with Crippen molar-refractivity contribution >= 4 is 18.6 Å². The molecule has 0 spiro atoms. The van der Waals surface area contributed by atoms with Crippen molar-refractivity contribution in [3.63, 3.8) is 0 Å². The maximum absolute atomic E-state index is 12.8. The summed E-state index contributed by atoms with van der Waals surface area (Å²) in [5.41, 5.74) is 2.07. The largest absolute Gasteiger partial charge is 0.500 e. The van der Waals surface area contributed by atoms with Crippen molar-refractivity contribution in [2.45, 2.75) is 94.2 Å². The van der Waals surface area contributed by atoms with E-state index in [0.717, 1.165) is 50.1 Å². The lowest BCUT2D eigenvalue weighted by Crippen LogP contribution is -2.42. The van der Waals surface area contributed by atoms with Crippen LogP contribution in [0.3, 0.4) is 0 Å². The second kappa shape index (κ2) is 17.8. The number of aryl methyl sites for hydroxylation is 1. The average Bonchev–Trinajstić information content (AvgIpc) is 2.94. The zero-order valence-corrected chi connectivity index (χ0v) is 25.7. The fraction of sp³-hybridized carbons (Fsp3) is 0.600. The first-order valence-electron chi connectivity index (χ1n) is 14.1. The van der Waals surface area contributed by atoms with Gasteiger partial charge in [-0.2, -0.15) is 0 Å². The highest BCUT2D eigenvalue weighted by atomic mass is 32.2. The van der Waals surface area contributed by atoms with E-state index < -0.39 is 18.6 Å². The Kier molecular flexibility index (Phi) is 15.2. The van der Waals surface area contributed by atoms with Crippen molar-refractivity contribution in [2.24, 2.45) is 0 Å². The molecule has 2 aromatic rings. The predicted molar refractivity (Wildman–Crippen MR) is 156 cm³/mol. The molecule has 0 fully saturated rings. The fourth-order valence-corrected chi connectivity index (χ4v) is 7.62. The van der Waals surface area contributed by atoms with Gasteiger partial charge in [-0.1, -0.05) is 76.1 Å². The van der Waals surface area contributed by atoms with Crippen molar-refractivity contribution in [1.82, 2.24) is 0 Å². The number of hydrogen-bond donors (Lipinski definition) is 0. The lowest BCUT2D eigenvalue weighted by Gasteiger charge is -2.24. The van der Waals surface area contributed by atoms with Crippen LogP contribution in [-0.4, -0.2) is 45.2 Å². The average molecular weight is 565 g/mol. The maximum atomic E-state index is 12.8. The van der Waals surface area contributed by atoms with Crippen molar-refractivity contribution in [3.8, 4) is 5.75 Å². The fourth-order valence-electron chi connectivity index (χ4n) is 4.48. The molecule has 0 saturated heterocycles. The van der Waals surface area contributed by atoms with E-state index in [1.54, 1.807) is 45.6 Å². The van der Waals surface area contributed by atoms with Crippen molar-refractivity contribution in [2.75, 3.05) is 27.9 Å². The Morgan fingerprint density at radius 3 is 1.74 bits per heavy atom. The number of ether oxygens (including phenoxy) is 1. The summed E-state index contributed by atoms with van der Waals surface area (Å²) in [6.45, 7) is 2.82. The summed E-state index contributed by atoms with van der Waals surface area (Å²) in [5.74, 6) is 0.726. The normalized spacial score (nSPS) is 12.1. The molecule has 6 nitrogen and oxygen atoms in total. The third-order valence-electron chi connectivity index (χ3n) is 6.96. The molecule has 0 N–H and O–H groups in total. The van der Waals surface area contributed by atoms with Crippen LogP contribution in [0.15, 0.2) is 53.4 Å². The molecule has 0 aromatic heterocycles. The smallest absolute Gasteiger partial charge is 0.494 e. The number of unbranched alkanes of at least 4 members (excludes halogenated alkanes) is 8. The Hall–Kier alpha value is -1.71. The predicted octanol–water partition coefficient (Wildman–Crippen LogP) is 7.38. The molecule has 2 aromatic carbocycles. The van der Waals surface area contributed by atoms with Crippen molar-refractivity contribution in [3.05, 3.63) is 59.7 Å². The molecule has 0 bridgehead atoms. The van der Waals surface area contributed by atoms with Gasteiger partial charge in [-0.15, -0.1) is 0 Å². The van der Waals surface area contributed by atoms with Crippen LogP contribution in [0.1, 0.15) is 82.3 Å². The van der Waals surface area contributed by atoms with Crippen LogP contribution in [0.25, 0.3) is 0 Å². The molecule has 0 aliphatic carbocycles. The zero-order chi connectivity index (χ0) is 27.7. The first-order valence-corrected chi connectivity index (χ1v) is 17.7. The van der Waals surface area contributed by atoms with Crippen LogP contribution in [-0.2, 0) is 35.3 Å². The second-order valence-electron chi connectivity index (χ2n) is 9.87. The third kappa shape index (κ3) is 11.6. The van der Waals surface area contributed by atoms with Crippen molar-refractivity contribution in [1.29, 1.82) is 0 Å². The Morgan fingerprint density at radius 1 is 0.658 bits per heavy atom. The SMILES string of the molecule is CCCCc1ccc(CS(=O)(=O)c2ccc(OCCCCCCCCCC[Si](OC)(OC)OC)cc2)cc1. The monoisotopic (exact) mass is 564 g/mol. The van der Waals surface area contributed by atoms with Crippen LogP contribution in [0, 0.1) is 0 Å². The summed E-state index contributed by atoms with van der Waals surface area (Å²) in [6, 6.07) is 15.6. The van der Waals surface area contributed by atoms with Gasteiger partial charge in [0.2, 0.25) is 0 Å². The lowest BCUT2D eigenvalue weighted by atomic mass is 10.1. The summed E-state index contributed by atoms with van der Waals surface area (Å²) in [6.07, 6.45) is 12.6. The number of sulfone groups is 1. The molecule has 0 aliphatic heterocycles. The molecule has 0 aliphatic rings. The van der Waals surface area contributed by atoms with Crippen LogP contribution in [0.2, 0.25) is 6.04 Å². The van der Waals surface area contributed by atoms with Crippen LogP contribution < -0.4 is 4.74 Å². The van der Waals surface area contributed by atoms with E-state index in [1.807, 2.05) is 24.3 Å². The van der Waals surface area contributed by atoms with Crippen molar-refractivity contribution < 1.29 is 26.4 Å². The second-order valence-corrected chi connectivity index (χ2v) is 15.0. The molecule has 38 heavy (non-hydrogen) atoms. The van der Waals surface area contributed by atoms with E-state index in [1.165, 1.54) is 37.7 Å². The summed E-state index contributed by atoms with van der Waals surface area (Å²) < 4.78 is 47.9. The highest BCUT2D eigenvalue weighted by Crippen LogP contribution is 2.22. The van der Waals surface area contributed by atoms with Gasteiger partial charge in [-0.3, -0.25) is 0 Å².